The van der Waals surface area contributed by atoms with Gasteiger partial charge in [0.05, 0.1) is 6.54 Å². The van der Waals surface area contributed by atoms with E-state index >= 15 is 0 Å². The van der Waals surface area contributed by atoms with Crippen LogP contribution in [0.2, 0.25) is 0 Å². The fourth-order valence-electron chi connectivity index (χ4n) is 1.71. The highest BCUT2D eigenvalue weighted by molar-refractivity contribution is 7.84. The van der Waals surface area contributed by atoms with Crippen molar-refractivity contribution in [2.75, 3.05) is 45.5 Å². The Morgan fingerprint density at radius 2 is 2.12 bits per heavy atom. The maximum absolute atomic E-state index is 11.6. The van der Waals surface area contributed by atoms with Crippen LogP contribution in [0.4, 0.5) is 0 Å². The molecule has 1 aliphatic rings. The van der Waals surface area contributed by atoms with E-state index in [4.69, 9.17) is 0 Å². The summed E-state index contributed by atoms with van der Waals surface area (Å²) in [5, 5.41) is 6.28. The molecule has 2 atom stereocenters. The largest absolute Gasteiger partial charge is 0.355 e. The van der Waals surface area contributed by atoms with Gasteiger partial charge in [0.15, 0.2) is 0 Å². The van der Waals surface area contributed by atoms with Crippen molar-refractivity contribution in [3.05, 3.63) is 0 Å². The van der Waals surface area contributed by atoms with E-state index in [2.05, 4.69) is 15.5 Å². The molecule has 0 aromatic carbocycles. The van der Waals surface area contributed by atoms with Crippen LogP contribution in [0, 0.1) is 0 Å². The molecule has 100 valence electrons. The molecule has 1 aliphatic heterocycles. The topological polar surface area (TPSA) is 61.4 Å². The zero-order valence-electron chi connectivity index (χ0n) is 10.7. The van der Waals surface area contributed by atoms with Crippen LogP contribution < -0.4 is 10.6 Å². The predicted octanol–water partition coefficient (Wildman–Crippen LogP) is -0.835. The first kappa shape index (κ1) is 14.6. The second kappa shape index (κ2) is 7.79. The second-order valence-corrected chi connectivity index (χ2v) is 6.28. The molecule has 1 saturated heterocycles. The van der Waals surface area contributed by atoms with Crippen LogP contribution in [0.1, 0.15) is 13.3 Å². The first-order chi connectivity index (χ1) is 8.09. The summed E-state index contributed by atoms with van der Waals surface area (Å²) >= 11 is 0. The van der Waals surface area contributed by atoms with Crippen LogP contribution in [0.5, 0.6) is 0 Å². The molecule has 1 heterocycles. The molecular weight excluding hydrogens is 238 g/mol. The van der Waals surface area contributed by atoms with E-state index in [1.54, 1.807) is 6.26 Å². The molecule has 0 bridgehead atoms. The molecule has 17 heavy (non-hydrogen) atoms. The van der Waals surface area contributed by atoms with Crippen LogP contribution in [0.3, 0.4) is 0 Å². The van der Waals surface area contributed by atoms with Crippen LogP contribution >= 0.6 is 0 Å². The molecule has 0 radical (unpaired) electrons. The summed E-state index contributed by atoms with van der Waals surface area (Å²) in [5.41, 5.74) is 0. The normalized spacial score (nSPS) is 20.8. The van der Waals surface area contributed by atoms with Gasteiger partial charge in [0, 0.05) is 55.0 Å². The van der Waals surface area contributed by atoms with Crippen molar-refractivity contribution in [3.8, 4) is 0 Å². The minimum absolute atomic E-state index is 0.0704. The van der Waals surface area contributed by atoms with Gasteiger partial charge in [-0.15, -0.1) is 0 Å². The van der Waals surface area contributed by atoms with Gasteiger partial charge < -0.3 is 10.6 Å². The Morgan fingerprint density at radius 1 is 1.47 bits per heavy atom. The van der Waals surface area contributed by atoms with Gasteiger partial charge in [0.1, 0.15) is 0 Å². The van der Waals surface area contributed by atoms with Gasteiger partial charge in [-0.1, -0.05) is 6.92 Å². The number of hydrogen-bond acceptors (Lipinski definition) is 4. The SMILES string of the molecule is CC(CCNC(=O)CN1CCNCC1)S(C)=O. The van der Waals surface area contributed by atoms with Gasteiger partial charge in [0.2, 0.25) is 5.91 Å². The van der Waals surface area contributed by atoms with Gasteiger partial charge in [-0.3, -0.25) is 13.9 Å². The standard InChI is InChI=1S/C11H23N3O2S/c1-10(17(2)16)3-4-13-11(15)9-14-7-5-12-6-8-14/h10,12H,3-9H2,1-2H3,(H,13,15). The fourth-order valence-corrected chi connectivity index (χ4v) is 2.16. The maximum atomic E-state index is 11.6. The number of carbonyl (C=O) groups is 1. The Hall–Kier alpha value is -0.460. The number of piperazine rings is 1. The number of rotatable bonds is 6. The Morgan fingerprint density at radius 3 is 2.71 bits per heavy atom. The Labute approximate surface area is 106 Å². The van der Waals surface area contributed by atoms with Gasteiger partial charge in [-0.2, -0.15) is 0 Å². The van der Waals surface area contributed by atoms with Crippen molar-refractivity contribution in [3.63, 3.8) is 0 Å². The van der Waals surface area contributed by atoms with Crippen molar-refractivity contribution in [2.24, 2.45) is 0 Å². The van der Waals surface area contributed by atoms with E-state index in [0.717, 1.165) is 32.6 Å². The molecule has 2 N–H and O–H groups in total. The number of nitrogens with one attached hydrogen (secondary N) is 2. The molecule has 1 rings (SSSR count). The van der Waals surface area contributed by atoms with Crippen molar-refractivity contribution >= 4 is 16.7 Å². The average Bonchev–Trinajstić information content (AvgIpc) is 2.30. The average molecular weight is 261 g/mol. The summed E-state index contributed by atoms with van der Waals surface area (Å²) < 4.78 is 11.1. The summed E-state index contributed by atoms with van der Waals surface area (Å²) in [4.78, 5) is 13.8. The predicted molar refractivity (Wildman–Crippen MR) is 70.5 cm³/mol. The molecule has 2 unspecified atom stereocenters. The summed E-state index contributed by atoms with van der Waals surface area (Å²) in [7, 11) is -0.801. The first-order valence-corrected chi connectivity index (χ1v) is 7.73. The van der Waals surface area contributed by atoms with Crippen molar-refractivity contribution in [2.45, 2.75) is 18.6 Å². The summed E-state index contributed by atoms with van der Waals surface area (Å²) in [6, 6.07) is 0. The molecule has 0 saturated carbocycles. The summed E-state index contributed by atoms with van der Waals surface area (Å²) in [5.74, 6) is 0.0704. The fraction of sp³-hybridized carbons (Fsp3) is 0.909. The third-order valence-electron chi connectivity index (χ3n) is 3.02. The zero-order chi connectivity index (χ0) is 12.7. The molecule has 0 aliphatic carbocycles. The summed E-state index contributed by atoms with van der Waals surface area (Å²) in [6.45, 7) is 6.82. The van der Waals surface area contributed by atoms with Gasteiger partial charge in [0.25, 0.3) is 0 Å². The van der Waals surface area contributed by atoms with Gasteiger partial charge >= 0.3 is 0 Å². The number of hydrogen-bond donors (Lipinski definition) is 2. The minimum atomic E-state index is -0.801. The Kier molecular flexibility index (Phi) is 6.69. The number of carbonyl (C=O) groups excluding carboxylic acids is 1. The second-order valence-electron chi connectivity index (χ2n) is 4.47. The number of amides is 1. The summed E-state index contributed by atoms with van der Waals surface area (Å²) in [6.07, 6.45) is 2.48. The van der Waals surface area contributed by atoms with E-state index < -0.39 is 10.8 Å². The van der Waals surface area contributed by atoms with Crippen molar-refractivity contribution in [1.82, 2.24) is 15.5 Å². The quantitative estimate of drug-likeness (QED) is 0.655. The van der Waals surface area contributed by atoms with E-state index in [1.165, 1.54) is 0 Å². The molecule has 0 aromatic rings. The van der Waals surface area contributed by atoms with Crippen molar-refractivity contribution < 1.29 is 9.00 Å². The maximum Gasteiger partial charge on any atom is 0.234 e. The van der Waals surface area contributed by atoms with E-state index in [1.807, 2.05) is 6.92 Å². The Bertz CT molecular complexity index is 267. The first-order valence-electron chi connectivity index (χ1n) is 6.11. The molecule has 6 heteroatoms. The van der Waals surface area contributed by atoms with E-state index in [0.29, 0.717) is 13.1 Å². The molecule has 5 nitrogen and oxygen atoms in total. The third-order valence-corrected chi connectivity index (χ3v) is 4.39. The van der Waals surface area contributed by atoms with Gasteiger partial charge in [-0.05, 0) is 6.42 Å². The smallest absolute Gasteiger partial charge is 0.234 e. The molecule has 1 fully saturated rings. The molecular formula is C11H23N3O2S. The lowest BCUT2D eigenvalue weighted by molar-refractivity contribution is -0.122. The van der Waals surface area contributed by atoms with Gasteiger partial charge in [-0.25, -0.2) is 0 Å². The van der Waals surface area contributed by atoms with Crippen LogP contribution in [0.15, 0.2) is 0 Å². The van der Waals surface area contributed by atoms with E-state index in [9.17, 15) is 9.00 Å². The lowest BCUT2D eigenvalue weighted by Gasteiger charge is -2.26. The number of nitrogens with zero attached hydrogens (tertiary/aromatic N) is 1. The molecule has 0 spiro atoms. The lowest BCUT2D eigenvalue weighted by atomic mass is 10.3. The van der Waals surface area contributed by atoms with Crippen LogP contribution in [-0.2, 0) is 15.6 Å². The van der Waals surface area contributed by atoms with Crippen LogP contribution in [0.25, 0.3) is 0 Å². The minimum Gasteiger partial charge on any atom is -0.355 e. The van der Waals surface area contributed by atoms with Crippen LogP contribution in [-0.4, -0.2) is 65.8 Å². The molecule has 1 amide bonds. The van der Waals surface area contributed by atoms with Crippen molar-refractivity contribution in [1.29, 1.82) is 0 Å². The monoisotopic (exact) mass is 261 g/mol. The third kappa shape index (κ3) is 6.14. The van der Waals surface area contributed by atoms with E-state index in [-0.39, 0.29) is 11.2 Å². The molecule has 0 aromatic heterocycles. The highest BCUT2D eigenvalue weighted by atomic mass is 32.2. The Balaban J connectivity index is 2.10. The highest BCUT2D eigenvalue weighted by Gasteiger charge is 2.13. The lowest BCUT2D eigenvalue weighted by Crippen LogP contribution is -2.47. The highest BCUT2D eigenvalue weighted by Crippen LogP contribution is 1.97. The zero-order valence-corrected chi connectivity index (χ0v) is 11.5.